The number of unbranched alkanes of at least 4 members (excludes halogenated alkanes) is 51. The molecule has 0 aliphatic heterocycles. The monoisotopic (exact) mass is 1430 g/mol. The lowest BCUT2D eigenvalue weighted by atomic mass is 10.0. The largest absolute Gasteiger partial charge is 0.477 e. The molecule has 102 heavy (non-hydrogen) atoms. The highest BCUT2D eigenvalue weighted by atomic mass is 16.7. The number of esters is 2. The summed E-state index contributed by atoms with van der Waals surface area (Å²) in [7, 11) is 6.00. The molecule has 592 valence electrons. The summed E-state index contributed by atoms with van der Waals surface area (Å²) in [6.45, 7) is 4.83. The number of carbonyl (C=O) groups excluding carboxylic acids is 2. The van der Waals surface area contributed by atoms with Gasteiger partial charge in [0.2, 0.25) is 0 Å². The van der Waals surface area contributed by atoms with Gasteiger partial charge in [-0.05, 0) is 77.0 Å². The average Bonchev–Trinajstić information content (AvgIpc) is 0.997. The number of ether oxygens (including phenoxy) is 4. The van der Waals surface area contributed by atoms with E-state index in [1.807, 2.05) is 21.1 Å². The van der Waals surface area contributed by atoms with Gasteiger partial charge in [-0.3, -0.25) is 9.59 Å². The third kappa shape index (κ3) is 83.5. The summed E-state index contributed by atoms with van der Waals surface area (Å²) >= 11 is 0. The fraction of sp³-hybridized carbons (Fsp3) is 0.796. The number of carbonyl (C=O) groups is 3. The Morgan fingerprint density at radius 1 is 0.304 bits per heavy atom. The van der Waals surface area contributed by atoms with Gasteiger partial charge in [-0.2, -0.15) is 0 Å². The predicted octanol–water partition coefficient (Wildman–Crippen LogP) is 28.7. The van der Waals surface area contributed by atoms with Gasteiger partial charge in [-0.15, -0.1) is 0 Å². The molecule has 0 saturated heterocycles. The molecule has 0 aliphatic rings. The van der Waals surface area contributed by atoms with Crippen LogP contribution in [0.25, 0.3) is 0 Å². The van der Waals surface area contributed by atoms with Gasteiger partial charge in [-0.1, -0.05) is 426 Å². The third-order valence-electron chi connectivity index (χ3n) is 19.6. The van der Waals surface area contributed by atoms with Crippen molar-refractivity contribution >= 4 is 17.9 Å². The van der Waals surface area contributed by atoms with Crippen molar-refractivity contribution in [2.24, 2.45) is 0 Å². The Morgan fingerprint density at radius 3 is 0.833 bits per heavy atom. The molecule has 0 amide bonds. The Balaban J connectivity index is 3.96. The quantitative estimate of drug-likeness (QED) is 0.0211. The smallest absolute Gasteiger partial charge is 0.361 e. The molecular formula is C93H168NO8+. The Kier molecular flexibility index (Phi) is 79.8. The second-order valence-electron chi connectivity index (χ2n) is 30.8. The first kappa shape index (κ1) is 98.2. The molecular weight excluding hydrogens is 1260 g/mol. The number of quaternary nitrogens is 1. The molecule has 0 bridgehead atoms. The second-order valence-corrected chi connectivity index (χ2v) is 30.8. The van der Waals surface area contributed by atoms with E-state index in [1.54, 1.807) is 0 Å². The molecule has 0 aliphatic carbocycles. The van der Waals surface area contributed by atoms with Crippen molar-refractivity contribution in [2.45, 2.75) is 431 Å². The van der Waals surface area contributed by atoms with Crippen molar-refractivity contribution in [1.29, 1.82) is 0 Å². The van der Waals surface area contributed by atoms with Crippen LogP contribution in [-0.2, 0) is 33.3 Å². The lowest BCUT2D eigenvalue weighted by Crippen LogP contribution is -2.40. The maximum absolute atomic E-state index is 13.0. The van der Waals surface area contributed by atoms with E-state index >= 15 is 0 Å². The number of aliphatic carboxylic acids is 1. The van der Waals surface area contributed by atoms with E-state index < -0.39 is 24.3 Å². The van der Waals surface area contributed by atoms with E-state index in [-0.39, 0.29) is 32.2 Å². The molecule has 0 rings (SSSR count). The van der Waals surface area contributed by atoms with Crippen molar-refractivity contribution < 1.29 is 42.9 Å². The highest BCUT2D eigenvalue weighted by molar-refractivity contribution is 5.71. The number of hydrogen-bond acceptors (Lipinski definition) is 7. The minimum atomic E-state index is -1.51. The van der Waals surface area contributed by atoms with Crippen molar-refractivity contribution in [3.05, 3.63) is 97.2 Å². The van der Waals surface area contributed by atoms with Gasteiger partial charge in [0.05, 0.1) is 34.4 Å². The molecule has 0 aromatic rings. The molecule has 2 atom stereocenters. The normalized spacial score (nSPS) is 13.1. The van der Waals surface area contributed by atoms with Crippen LogP contribution in [0, 0.1) is 0 Å². The molecule has 0 fully saturated rings. The zero-order valence-corrected chi connectivity index (χ0v) is 68.0. The molecule has 1 N–H and O–H groups in total. The van der Waals surface area contributed by atoms with E-state index in [0.717, 1.165) is 89.9 Å². The summed E-state index contributed by atoms with van der Waals surface area (Å²) in [4.78, 5) is 37.8. The molecule has 0 spiro atoms. The first-order valence-electron chi connectivity index (χ1n) is 43.9. The fourth-order valence-corrected chi connectivity index (χ4v) is 13.0. The van der Waals surface area contributed by atoms with E-state index in [9.17, 15) is 19.5 Å². The summed E-state index contributed by atoms with van der Waals surface area (Å²) in [5.41, 5.74) is 0. The molecule has 0 radical (unpaired) electrons. The van der Waals surface area contributed by atoms with Crippen LogP contribution in [-0.4, -0.2) is 87.4 Å². The number of carboxylic acids is 1. The van der Waals surface area contributed by atoms with Crippen LogP contribution in [0.15, 0.2) is 97.2 Å². The minimum absolute atomic E-state index is 0.180. The first-order valence-corrected chi connectivity index (χ1v) is 43.9. The van der Waals surface area contributed by atoms with Crippen LogP contribution in [0.5, 0.6) is 0 Å². The maximum Gasteiger partial charge on any atom is 0.361 e. The SMILES string of the molecule is CC/C=C\C/C=C\C/C=C\C/C=C\C/C=C\C/C=C\C/C=C\C/C=C\CCCCCCCCCCCCCCCCC(=O)OC(COC(=O)CCCCCCCCCCCCCCCCCCCCCCCCCCCCCCCCCCCCCCCC)COC(OCC[N+](C)(C)C)C(=O)O. The van der Waals surface area contributed by atoms with E-state index in [2.05, 4.69) is 111 Å². The molecule has 0 saturated carbocycles. The van der Waals surface area contributed by atoms with Gasteiger partial charge >= 0.3 is 17.9 Å². The molecule has 2 unspecified atom stereocenters. The summed E-state index contributed by atoms with van der Waals surface area (Å²) in [5, 5.41) is 9.79. The molecule has 0 aromatic carbocycles. The van der Waals surface area contributed by atoms with Crippen molar-refractivity contribution in [3.8, 4) is 0 Å². The number of hydrogen-bond donors (Lipinski definition) is 1. The van der Waals surface area contributed by atoms with Crippen LogP contribution in [0.1, 0.15) is 418 Å². The van der Waals surface area contributed by atoms with Gasteiger partial charge in [-0.25, -0.2) is 4.79 Å². The van der Waals surface area contributed by atoms with Crippen LogP contribution in [0.2, 0.25) is 0 Å². The average molecular weight is 1430 g/mol. The minimum Gasteiger partial charge on any atom is -0.477 e. The van der Waals surface area contributed by atoms with E-state index in [4.69, 9.17) is 18.9 Å². The summed E-state index contributed by atoms with van der Waals surface area (Å²) in [5.74, 6) is -1.98. The number of likely N-dealkylation sites (N-methyl/N-ethyl adjacent to an activating group) is 1. The third-order valence-corrected chi connectivity index (χ3v) is 19.6. The topological polar surface area (TPSA) is 108 Å². The molecule has 0 heterocycles. The number of carboxylic acid groups (broad SMARTS) is 1. The zero-order chi connectivity index (χ0) is 73.9. The Hall–Kier alpha value is -3.79. The Morgan fingerprint density at radius 2 is 0.559 bits per heavy atom. The summed E-state index contributed by atoms with van der Waals surface area (Å²) in [6, 6.07) is 0. The highest BCUT2D eigenvalue weighted by Crippen LogP contribution is 2.20. The van der Waals surface area contributed by atoms with E-state index in [0.29, 0.717) is 17.4 Å². The lowest BCUT2D eigenvalue weighted by molar-refractivity contribution is -0.870. The standard InChI is InChI=1S/C93H167NO8/c1-6-8-10-12-14-16-18-20-22-24-26-28-30-32-34-36-38-40-42-44-46-48-50-52-54-56-58-60-62-64-66-68-70-72-74-76-78-80-82-84-91(96)102-89(88-101-93(92(97)98)99-86-85-94(3,4)5)87-100-90(95)83-81-79-77-75-73-71-69-67-65-63-61-59-57-55-53-51-49-47-45-43-41-39-37-35-33-31-29-27-25-23-21-19-17-15-13-11-9-7-2/h8,10,14,16,20,22,26,28,32,34,38,40,44,46,50,52,89,93H,6-7,9,11-13,15,17-19,21,23-25,27,29-31,33,35-37,39,41-43,45,47-49,51,53-88H2,1-5H3/p+1/b10-8-,16-14-,22-20-,28-26-,34-32-,40-38-,46-44-,52-50-. The number of allylic oxidation sites excluding steroid dienone is 16. The van der Waals surface area contributed by atoms with Crippen LogP contribution >= 0.6 is 0 Å². The molecule has 9 nitrogen and oxygen atoms in total. The van der Waals surface area contributed by atoms with Gasteiger partial charge in [0.25, 0.3) is 6.29 Å². The summed E-state index contributed by atoms with van der Waals surface area (Å²) in [6.07, 6.45) is 113. The lowest BCUT2D eigenvalue weighted by Gasteiger charge is -2.25. The van der Waals surface area contributed by atoms with Crippen LogP contribution in [0.3, 0.4) is 0 Å². The van der Waals surface area contributed by atoms with Crippen LogP contribution in [0.4, 0.5) is 0 Å². The molecule has 9 heteroatoms. The predicted molar refractivity (Wildman–Crippen MR) is 442 cm³/mol. The van der Waals surface area contributed by atoms with Crippen molar-refractivity contribution in [1.82, 2.24) is 0 Å². The Bertz CT molecular complexity index is 2010. The summed E-state index contributed by atoms with van der Waals surface area (Å²) < 4.78 is 23.1. The number of rotatable bonds is 82. The van der Waals surface area contributed by atoms with Crippen LogP contribution < -0.4 is 0 Å². The zero-order valence-electron chi connectivity index (χ0n) is 68.0. The van der Waals surface area contributed by atoms with Gasteiger partial charge < -0.3 is 28.5 Å². The van der Waals surface area contributed by atoms with Crippen molar-refractivity contribution in [2.75, 3.05) is 47.5 Å². The van der Waals surface area contributed by atoms with Gasteiger partial charge in [0.15, 0.2) is 6.10 Å². The Labute approximate surface area is 632 Å². The number of nitrogens with zero attached hydrogens (tertiary/aromatic N) is 1. The van der Waals surface area contributed by atoms with Crippen molar-refractivity contribution in [3.63, 3.8) is 0 Å². The fourth-order valence-electron chi connectivity index (χ4n) is 13.0. The van der Waals surface area contributed by atoms with Gasteiger partial charge in [0, 0.05) is 12.8 Å². The maximum atomic E-state index is 13.0. The molecule has 0 aromatic heterocycles. The highest BCUT2D eigenvalue weighted by Gasteiger charge is 2.25. The first-order chi connectivity index (χ1) is 50.1. The van der Waals surface area contributed by atoms with E-state index in [1.165, 1.54) is 302 Å². The van der Waals surface area contributed by atoms with Gasteiger partial charge in [0.1, 0.15) is 13.2 Å². The second kappa shape index (κ2) is 82.9.